The summed E-state index contributed by atoms with van der Waals surface area (Å²) < 4.78 is 0. The first-order chi connectivity index (χ1) is 8.16. The summed E-state index contributed by atoms with van der Waals surface area (Å²) in [6, 6.07) is 6.86. The van der Waals surface area contributed by atoms with Crippen molar-refractivity contribution in [3.8, 4) is 0 Å². The smallest absolute Gasteiger partial charge is 0.0300 e. The Labute approximate surface area is 109 Å². The van der Waals surface area contributed by atoms with Crippen LogP contribution in [0, 0.1) is 19.8 Å². The monoisotopic (exact) mass is 249 g/mol. The third-order valence-corrected chi connectivity index (χ3v) is 4.80. The van der Waals surface area contributed by atoms with Crippen molar-refractivity contribution in [2.45, 2.75) is 39.2 Å². The lowest BCUT2D eigenvalue weighted by Crippen LogP contribution is -2.19. The van der Waals surface area contributed by atoms with Gasteiger partial charge in [-0.15, -0.1) is 0 Å². The van der Waals surface area contributed by atoms with Crippen LogP contribution in [0.2, 0.25) is 0 Å². The standard InChI is InChI=1S/C15H23NS/c1-11-3-4-14(12(2)9-11)15(16)10-13-5-7-17-8-6-13/h3-4,9,13,15H,5-8,10,16H2,1-2H3. The third-order valence-electron chi connectivity index (χ3n) is 3.75. The first-order valence-corrected chi connectivity index (χ1v) is 7.73. The largest absolute Gasteiger partial charge is 0.324 e. The Morgan fingerprint density at radius 2 is 2.00 bits per heavy atom. The fourth-order valence-corrected chi connectivity index (χ4v) is 3.91. The Kier molecular flexibility index (Phi) is 4.52. The van der Waals surface area contributed by atoms with Crippen molar-refractivity contribution in [2.75, 3.05) is 11.5 Å². The maximum absolute atomic E-state index is 6.37. The van der Waals surface area contributed by atoms with Gasteiger partial charge in [0.25, 0.3) is 0 Å². The van der Waals surface area contributed by atoms with Crippen LogP contribution in [0.3, 0.4) is 0 Å². The number of nitrogens with two attached hydrogens (primary N) is 1. The van der Waals surface area contributed by atoms with Crippen LogP contribution in [0.5, 0.6) is 0 Å². The second-order valence-corrected chi connectivity index (χ2v) is 6.48. The summed E-state index contributed by atoms with van der Waals surface area (Å²) in [5.74, 6) is 3.49. The molecule has 2 rings (SSSR count). The van der Waals surface area contributed by atoms with Gasteiger partial charge in [-0.2, -0.15) is 11.8 Å². The van der Waals surface area contributed by atoms with Gasteiger partial charge in [0.1, 0.15) is 0 Å². The van der Waals surface area contributed by atoms with Crippen LogP contribution in [-0.4, -0.2) is 11.5 Å². The Hall–Kier alpha value is -0.470. The van der Waals surface area contributed by atoms with E-state index in [1.165, 1.54) is 41.0 Å². The van der Waals surface area contributed by atoms with Gasteiger partial charge in [0.15, 0.2) is 0 Å². The molecule has 1 aromatic rings. The molecule has 1 nitrogen and oxygen atoms in total. The second-order valence-electron chi connectivity index (χ2n) is 5.26. The highest BCUT2D eigenvalue weighted by Crippen LogP contribution is 2.31. The predicted octanol–water partition coefficient (Wildman–Crippen LogP) is 3.84. The van der Waals surface area contributed by atoms with E-state index in [0.29, 0.717) is 0 Å². The average molecular weight is 249 g/mol. The van der Waals surface area contributed by atoms with Crippen LogP contribution in [-0.2, 0) is 0 Å². The van der Waals surface area contributed by atoms with Crippen LogP contribution in [0.1, 0.15) is 42.0 Å². The first-order valence-electron chi connectivity index (χ1n) is 6.57. The quantitative estimate of drug-likeness (QED) is 0.881. The Balaban J connectivity index is 2.00. The van der Waals surface area contributed by atoms with Crippen molar-refractivity contribution in [3.63, 3.8) is 0 Å². The molecule has 0 amide bonds. The van der Waals surface area contributed by atoms with Gasteiger partial charge >= 0.3 is 0 Å². The number of hydrogen-bond acceptors (Lipinski definition) is 2. The van der Waals surface area contributed by atoms with Crippen LogP contribution >= 0.6 is 11.8 Å². The van der Waals surface area contributed by atoms with Crippen molar-refractivity contribution >= 4 is 11.8 Å². The number of hydrogen-bond donors (Lipinski definition) is 1. The van der Waals surface area contributed by atoms with Crippen molar-refractivity contribution in [3.05, 3.63) is 34.9 Å². The van der Waals surface area contributed by atoms with Gasteiger partial charge in [-0.25, -0.2) is 0 Å². The molecule has 2 N–H and O–H groups in total. The highest BCUT2D eigenvalue weighted by molar-refractivity contribution is 7.99. The van der Waals surface area contributed by atoms with Crippen LogP contribution in [0.15, 0.2) is 18.2 Å². The zero-order chi connectivity index (χ0) is 12.3. The Morgan fingerprint density at radius 3 is 2.65 bits per heavy atom. The van der Waals surface area contributed by atoms with E-state index in [-0.39, 0.29) is 6.04 Å². The molecule has 1 aliphatic heterocycles. The van der Waals surface area contributed by atoms with Crippen molar-refractivity contribution in [1.82, 2.24) is 0 Å². The van der Waals surface area contributed by atoms with Gasteiger partial charge in [0.05, 0.1) is 0 Å². The highest BCUT2D eigenvalue weighted by Gasteiger charge is 2.18. The molecule has 94 valence electrons. The summed E-state index contributed by atoms with van der Waals surface area (Å²) in [7, 11) is 0. The molecule has 1 aromatic carbocycles. The first kappa shape index (κ1) is 13.0. The maximum Gasteiger partial charge on any atom is 0.0300 e. The zero-order valence-corrected chi connectivity index (χ0v) is 11.7. The predicted molar refractivity (Wildman–Crippen MR) is 77.5 cm³/mol. The van der Waals surface area contributed by atoms with Gasteiger partial charge in [-0.1, -0.05) is 23.8 Å². The molecule has 0 saturated carbocycles. The van der Waals surface area contributed by atoms with Crippen molar-refractivity contribution in [1.29, 1.82) is 0 Å². The summed E-state index contributed by atoms with van der Waals surface area (Å²) in [6.07, 6.45) is 3.86. The van der Waals surface area contributed by atoms with Crippen LogP contribution in [0.25, 0.3) is 0 Å². The topological polar surface area (TPSA) is 26.0 Å². The molecule has 0 aromatic heterocycles. The molecule has 0 spiro atoms. The number of benzene rings is 1. The summed E-state index contributed by atoms with van der Waals surface area (Å²) in [5, 5.41) is 0. The van der Waals surface area contributed by atoms with Crippen molar-refractivity contribution in [2.24, 2.45) is 11.7 Å². The van der Waals surface area contributed by atoms with E-state index in [1.54, 1.807) is 0 Å². The average Bonchev–Trinajstić information content (AvgIpc) is 2.30. The third kappa shape index (κ3) is 3.49. The van der Waals surface area contributed by atoms with E-state index >= 15 is 0 Å². The molecule has 1 heterocycles. The molecule has 1 saturated heterocycles. The minimum Gasteiger partial charge on any atom is -0.324 e. The molecule has 1 unspecified atom stereocenters. The van der Waals surface area contributed by atoms with E-state index in [2.05, 4.69) is 43.8 Å². The molecule has 0 aliphatic carbocycles. The van der Waals surface area contributed by atoms with Crippen molar-refractivity contribution < 1.29 is 0 Å². The molecule has 1 fully saturated rings. The summed E-state index contributed by atoms with van der Waals surface area (Å²) in [5.41, 5.74) is 10.4. The van der Waals surface area contributed by atoms with Crippen LogP contribution < -0.4 is 5.73 Å². The fourth-order valence-electron chi connectivity index (χ4n) is 2.71. The number of thioether (sulfide) groups is 1. The zero-order valence-electron chi connectivity index (χ0n) is 10.9. The number of rotatable bonds is 3. The highest BCUT2D eigenvalue weighted by atomic mass is 32.2. The van der Waals surface area contributed by atoms with E-state index in [0.717, 1.165) is 12.3 Å². The van der Waals surface area contributed by atoms with E-state index in [9.17, 15) is 0 Å². The molecule has 1 atom stereocenters. The normalized spacial score (nSPS) is 19.2. The van der Waals surface area contributed by atoms with Crippen LogP contribution in [0.4, 0.5) is 0 Å². The molecule has 0 radical (unpaired) electrons. The van der Waals surface area contributed by atoms with Gasteiger partial charge in [0, 0.05) is 6.04 Å². The molecule has 0 bridgehead atoms. The summed E-state index contributed by atoms with van der Waals surface area (Å²) in [6.45, 7) is 4.32. The SMILES string of the molecule is Cc1ccc(C(N)CC2CCSCC2)c(C)c1. The van der Waals surface area contributed by atoms with Gasteiger partial charge in [0.2, 0.25) is 0 Å². The fraction of sp³-hybridized carbons (Fsp3) is 0.600. The number of aryl methyl sites for hydroxylation is 2. The van der Waals surface area contributed by atoms with Gasteiger partial charge in [-0.05, 0) is 61.7 Å². The summed E-state index contributed by atoms with van der Waals surface area (Å²) >= 11 is 2.09. The van der Waals surface area contributed by atoms with Gasteiger partial charge in [-0.3, -0.25) is 0 Å². The molecular weight excluding hydrogens is 226 g/mol. The van der Waals surface area contributed by atoms with E-state index < -0.39 is 0 Å². The molecule has 2 heteroatoms. The van der Waals surface area contributed by atoms with Gasteiger partial charge < -0.3 is 5.73 Å². The van der Waals surface area contributed by atoms with E-state index in [4.69, 9.17) is 5.73 Å². The lowest BCUT2D eigenvalue weighted by molar-refractivity contribution is 0.412. The molecule has 1 aliphatic rings. The summed E-state index contributed by atoms with van der Waals surface area (Å²) in [4.78, 5) is 0. The lowest BCUT2D eigenvalue weighted by Gasteiger charge is -2.25. The van der Waals surface area contributed by atoms with E-state index in [1.807, 2.05) is 0 Å². The minimum atomic E-state index is 0.226. The maximum atomic E-state index is 6.37. The molecule has 17 heavy (non-hydrogen) atoms. The Bertz CT molecular complexity index is 369. The minimum absolute atomic E-state index is 0.226. The lowest BCUT2D eigenvalue weighted by atomic mass is 9.89. The second kappa shape index (κ2) is 5.92. The Morgan fingerprint density at radius 1 is 1.29 bits per heavy atom. The molecular formula is C15H23NS.